The van der Waals surface area contributed by atoms with Crippen LogP contribution >= 0.6 is 0 Å². The van der Waals surface area contributed by atoms with Gasteiger partial charge in [0.2, 0.25) is 11.9 Å². The lowest BCUT2D eigenvalue weighted by molar-refractivity contribution is -0.136. The molecule has 0 saturated carbocycles. The van der Waals surface area contributed by atoms with Crippen molar-refractivity contribution in [1.82, 2.24) is 14.9 Å². The van der Waals surface area contributed by atoms with Crippen molar-refractivity contribution in [3.63, 3.8) is 0 Å². The smallest absolute Gasteiger partial charge is 0.249 e. The molecule has 1 N–H and O–H groups in total. The highest BCUT2D eigenvalue weighted by atomic mass is 16.5. The van der Waals surface area contributed by atoms with E-state index in [2.05, 4.69) is 45.5 Å². The van der Waals surface area contributed by atoms with E-state index in [-0.39, 0.29) is 12.5 Å². The quantitative estimate of drug-likeness (QED) is 0.628. The largest absolute Gasteiger partial charge is 0.371 e. The van der Waals surface area contributed by atoms with E-state index < -0.39 is 0 Å². The van der Waals surface area contributed by atoms with Crippen LogP contribution in [-0.4, -0.2) is 40.0 Å². The molecular formula is C21H22N4O2. The van der Waals surface area contributed by atoms with E-state index in [0.717, 1.165) is 24.1 Å². The van der Waals surface area contributed by atoms with Crippen LogP contribution < -0.4 is 5.32 Å². The highest BCUT2D eigenvalue weighted by molar-refractivity contribution is 5.78. The molecule has 1 aliphatic heterocycles. The summed E-state index contributed by atoms with van der Waals surface area (Å²) in [5.41, 5.74) is 4.67. The Kier molecular flexibility index (Phi) is 5.03. The van der Waals surface area contributed by atoms with Gasteiger partial charge < -0.3 is 15.0 Å². The lowest BCUT2D eigenvalue weighted by Gasteiger charge is -2.14. The van der Waals surface area contributed by atoms with Crippen molar-refractivity contribution in [3.8, 4) is 12.3 Å². The van der Waals surface area contributed by atoms with Crippen molar-refractivity contribution in [2.45, 2.75) is 38.4 Å². The Labute approximate surface area is 159 Å². The van der Waals surface area contributed by atoms with Gasteiger partial charge in [0.15, 0.2) is 0 Å². The second-order valence-corrected chi connectivity index (χ2v) is 6.94. The van der Waals surface area contributed by atoms with Gasteiger partial charge in [-0.05, 0) is 24.0 Å². The van der Waals surface area contributed by atoms with E-state index in [9.17, 15) is 4.79 Å². The zero-order chi connectivity index (χ0) is 18.6. The third-order valence-corrected chi connectivity index (χ3v) is 5.01. The lowest BCUT2D eigenvalue weighted by atomic mass is 10.1. The molecule has 2 heterocycles. The van der Waals surface area contributed by atoms with Gasteiger partial charge in [-0.15, -0.1) is 12.3 Å². The molecule has 6 nitrogen and oxygen atoms in total. The first-order valence-electron chi connectivity index (χ1n) is 9.20. The summed E-state index contributed by atoms with van der Waals surface area (Å²) in [6.45, 7) is 1.48. The van der Waals surface area contributed by atoms with Crippen molar-refractivity contribution < 1.29 is 9.53 Å². The van der Waals surface area contributed by atoms with E-state index in [4.69, 9.17) is 11.2 Å². The molecule has 0 bridgehead atoms. The third kappa shape index (κ3) is 3.93. The molecule has 4 rings (SSSR count). The molecule has 0 saturated heterocycles. The molecule has 27 heavy (non-hydrogen) atoms. The highest BCUT2D eigenvalue weighted by Crippen LogP contribution is 2.25. The molecule has 1 aliphatic carbocycles. The summed E-state index contributed by atoms with van der Waals surface area (Å²) in [5.74, 6) is 3.07. The minimum Gasteiger partial charge on any atom is -0.371 e. The van der Waals surface area contributed by atoms with Gasteiger partial charge in [0.25, 0.3) is 0 Å². The highest BCUT2D eigenvalue weighted by Gasteiger charge is 2.26. The molecule has 1 aromatic heterocycles. The summed E-state index contributed by atoms with van der Waals surface area (Å²) in [7, 11) is 0. The fourth-order valence-electron chi connectivity index (χ4n) is 3.62. The Balaban J connectivity index is 1.34. The number of amides is 1. The first-order valence-corrected chi connectivity index (χ1v) is 9.20. The zero-order valence-corrected chi connectivity index (χ0v) is 15.1. The molecule has 0 spiro atoms. The second-order valence-electron chi connectivity index (χ2n) is 6.94. The van der Waals surface area contributed by atoms with E-state index in [0.29, 0.717) is 38.1 Å². The van der Waals surface area contributed by atoms with Gasteiger partial charge in [0.1, 0.15) is 6.61 Å². The lowest BCUT2D eigenvalue weighted by Crippen LogP contribution is -2.29. The number of nitrogens with zero attached hydrogens (tertiary/aromatic N) is 3. The van der Waals surface area contributed by atoms with Gasteiger partial charge in [-0.1, -0.05) is 24.3 Å². The number of hydrogen-bond acceptors (Lipinski definition) is 5. The fourth-order valence-corrected chi connectivity index (χ4v) is 3.62. The fraction of sp³-hybridized carbons (Fsp3) is 0.381. The predicted octanol–water partition coefficient (Wildman–Crippen LogP) is 1.94. The Morgan fingerprint density at radius 2 is 2.04 bits per heavy atom. The number of carbonyl (C=O) groups excluding carboxylic acids is 1. The van der Waals surface area contributed by atoms with Gasteiger partial charge >= 0.3 is 0 Å². The number of benzene rings is 1. The molecule has 6 heteroatoms. The molecule has 1 aromatic carbocycles. The number of aromatic nitrogens is 2. The Morgan fingerprint density at radius 1 is 1.26 bits per heavy atom. The average Bonchev–Trinajstić information content (AvgIpc) is 3.28. The summed E-state index contributed by atoms with van der Waals surface area (Å²) in [6.07, 6.45) is 9.47. The SMILES string of the molecule is C#CCCOCC(=O)N1Cc2cnc(NC3Cc4ccccc4C3)nc2C1. The van der Waals surface area contributed by atoms with Crippen LogP contribution in [0.5, 0.6) is 0 Å². The average molecular weight is 362 g/mol. The van der Waals surface area contributed by atoms with Gasteiger partial charge in [0, 0.05) is 30.8 Å². The number of ether oxygens (including phenoxy) is 1. The maximum Gasteiger partial charge on any atom is 0.249 e. The van der Waals surface area contributed by atoms with Crippen LogP contribution in [0, 0.1) is 12.3 Å². The minimum absolute atomic E-state index is 0.0501. The number of terminal acetylenes is 1. The van der Waals surface area contributed by atoms with Crippen LogP contribution in [0.15, 0.2) is 30.5 Å². The van der Waals surface area contributed by atoms with Crippen molar-refractivity contribution in [2.75, 3.05) is 18.5 Å². The van der Waals surface area contributed by atoms with Crippen LogP contribution in [-0.2, 0) is 35.5 Å². The van der Waals surface area contributed by atoms with Crippen molar-refractivity contribution in [1.29, 1.82) is 0 Å². The monoisotopic (exact) mass is 362 g/mol. The summed E-state index contributed by atoms with van der Waals surface area (Å²) in [4.78, 5) is 23.1. The van der Waals surface area contributed by atoms with Gasteiger partial charge in [-0.3, -0.25) is 4.79 Å². The zero-order valence-electron chi connectivity index (χ0n) is 15.1. The number of nitrogens with one attached hydrogen (secondary N) is 1. The summed E-state index contributed by atoms with van der Waals surface area (Å²) < 4.78 is 5.31. The van der Waals surface area contributed by atoms with Gasteiger partial charge in [0.05, 0.1) is 18.8 Å². The number of fused-ring (bicyclic) bond motifs is 2. The Hall–Kier alpha value is -2.91. The topological polar surface area (TPSA) is 67.3 Å². The van der Waals surface area contributed by atoms with Crippen molar-refractivity contribution in [3.05, 3.63) is 52.8 Å². The van der Waals surface area contributed by atoms with Crippen LogP contribution in [0.4, 0.5) is 5.95 Å². The standard InChI is InChI=1S/C21H22N4O2/c1-2-3-8-27-14-20(26)25-12-17-11-22-21(24-19(17)13-25)23-18-9-15-6-4-5-7-16(15)10-18/h1,4-7,11,18H,3,8-10,12-14H2,(H,22,23,24). The molecule has 0 atom stereocenters. The molecule has 0 unspecified atom stereocenters. The normalized spacial score (nSPS) is 15.3. The number of hydrogen-bond donors (Lipinski definition) is 1. The van der Waals surface area contributed by atoms with Crippen LogP contribution in [0.2, 0.25) is 0 Å². The summed E-state index contributed by atoms with van der Waals surface area (Å²) in [6, 6.07) is 8.82. The molecule has 0 radical (unpaired) electrons. The van der Waals surface area contributed by atoms with Crippen LogP contribution in [0.25, 0.3) is 0 Å². The molecular weight excluding hydrogens is 340 g/mol. The molecule has 2 aliphatic rings. The second kappa shape index (κ2) is 7.77. The molecule has 1 amide bonds. The van der Waals surface area contributed by atoms with E-state index in [1.165, 1.54) is 11.1 Å². The number of rotatable bonds is 6. The molecule has 0 fully saturated rings. The van der Waals surface area contributed by atoms with E-state index >= 15 is 0 Å². The van der Waals surface area contributed by atoms with Crippen molar-refractivity contribution in [2.24, 2.45) is 0 Å². The minimum atomic E-state index is -0.0502. The third-order valence-electron chi connectivity index (χ3n) is 5.01. The first-order chi connectivity index (χ1) is 13.2. The van der Waals surface area contributed by atoms with Gasteiger partial charge in [-0.2, -0.15) is 0 Å². The maximum absolute atomic E-state index is 12.3. The van der Waals surface area contributed by atoms with Crippen LogP contribution in [0.3, 0.4) is 0 Å². The van der Waals surface area contributed by atoms with E-state index in [1.54, 1.807) is 4.90 Å². The number of anilines is 1. The Morgan fingerprint density at radius 3 is 2.78 bits per heavy atom. The van der Waals surface area contributed by atoms with Crippen molar-refractivity contribution >= 4 is 11.9 Å². The summed E-state index contributed by atoms with van der Waals surface area (Å²) >= 11 is 0. The summed E-state index contributed by atoms with van der Waals surface area (Å²) in [5, 5.41) is 3.44. The maximum atomic E-state index is 12.3. The van der Waals surface area contributed by atoms with Gasteiger partial charge in [-0.25, -0.2) is 9.97 Å². The molecule has 2 aromatic rings. The first kappa shape index (κ1) is 17.5. The Bertz CT molecular complexity index is 865. The van der Waals surface area contributed by atoms with E-state index in [1.807, 2.05) is 6.20 Å². The predicted molar refractivity (Wildman–Crippen MR) is 102 cm³/mol. The number of carbonyl (C=O) groups is 1. The van der Waals surface area contributed by atoms with Crippen LogP contribution in [0.1, 0.15) is 28.8 Å². The molecule has 138 valence electrons.